The number of nitrogens with one attached hydrogen (secondary N) is 1. The van der Waals surface area contributed by atoms with Crippen LogP contribution in [0.5, 0.6) is 5.75 Å². The van der Waals surface area contributed by atoms with Gasteiger partial charge in [0.25, 0.3) is 0 Å². The van der Waals surface area contributed by atoms with Crippen LogP contribution in [0, 0.1) is 0 Å². The highest BCUT2D eigenvalue weighted by Crippen LogP contribution is 2.31. The van der Waals surface area contributed by atoms with E-state index in [-0.39, 0.29) is 6.04 Å². The number of fused-ring (bicyclic) bond motifs is 2. The summed E-state index contributed by atoms with van der Waals surface area (Å²) in [4.78, 5) is 4.44. The summed E-state index contributed by atoms with van der Waals surface area (Å²) >= 11 is 0. The molecule has 4 rings (SSSR count). The van der Waals surface area contributed by atoms with Gasteiger partial charge in [0.2, 0.25) is 0 Å². The number of aliphatic imine (C=N–C) groups is 1. The highest BCUT2D eigenvalue weighted by atomic mass is 16.5. The molecule has 0 fully saturated rings. The summed E-state index contributed by atoms with van der Waals surface area (Å²) < 4.78 is 11.5. The summed E-state index contributed by atoms with van der Waals surface area (Å²) in [7, 11) is 0. The molecule has 0 amide bonds. The zero-order chi connectivity index (χ0) is 17.1. The molecule has 1 unspecified atom stereocenters. The van der Waals surface area contributed by atoms with E-state index in [2.05, 4.69) is 22.4 Å². The zero-order valence-electron chi connectivity index (χ0n) is 13.9. The molecule has 0 saturated carbocycles. The summed E-state index contributed by atoms with van der Waals surface area (Å²) in [5.74, 6) is 2.30. The molecule has 128 valence electrons. The van der Waals surface area contributed by atoms with Crippen LogP contribution in [0.2, 0.25) is 0 Å². The Morgan fingerprint density at radius 1 is 1.16 bits per heavy atom. The van der Waals surface area contributed by atoms with E-state index in [0.29, 0.717) is 19.1 Å². The maximum Gasteiger partial charge on any atom is 0.189 e. The average Bonchev–Trinajstić information content (AvgIpc) is 3.05. The number of guanidine groups is 1. The number of rotatable bonds is 4. The Balaban J connectivity index is 1.37. The lowest BCUT2D eigenvalue weighted by Gasteiger charge is -2.26. The number of nitrogens with zero attached hydrogens (tertiary/aromatic N) is 1. The van der Waals surface area contributed by atoms with Crippen LogP contribution in [-0.2, 0) is 6.42 Å². The lowest BCUT2D eigenvalue weighted by molar-refractivity contribution is 0.262. The first-order valence-electron chi connectivity index (χ1n) is 8.55. The molecule has 0 aliphatic carbocycles. The highest BCUT2D eigenvalue weighted by Gasteiger charge is 2.21. The molecule has 0 saturated heterocycles. The van der Waals surface area contributed by atoms with Gasteiger partial charge in [0.05, 0.1) is 12.6 Å². The van der Waals surface area contributed by atoms with Crippen molar-refractivity contribution in [2.45, 2.75) is 18.9 Å². The first-order valence-corrected chi connectivity index (χ1v) is 8.55. The second kappa shape index (κ2) is 6.89. The molecule has 1 aromatic heterocycles. The molecule has 1 aliphatic rings. The van der Waals surface area contributed by atoms with E-state index in [0.717, 1.165) is 40.9 Å². The Bertz CT molecular complexity index is 868. The fourth-order valence-corrected chi connectivity index (χ4v) is 3.16. The third-order valence-corrected chi connectivity index (χ3v) is 4.40. The normalized spacial score (nSPS) is 17.1. The van der Waals surface area contributed by atoms with Gasteiger partial charge in [0, 0.05) is 30.3 Å². The van der Waals surface area contributed by atoms with Crippen LogP contribution in [0.1, 0.15) is 23.8 Å². The zero-order valence-corrected chi connectivity index (χ0v) is 13.9. The van der Waals surface area contributed by atoms with Crippen LogP contribution in [-0.4, -0.2) is 19.1 Å². The number of nitrogens with two attached hydrogens (primary N) is 1. The molecule has 3 aromatic rings. The van der Waals surface area contributed by atoms with Gasteiger partial charge in [-0.15, -0.1) is 0 Å². The molecular weight excluding hydrogens is 314 g/mol. The Morgan fingerprint density at radius 3 is 2.92 bits per heavy atom. The van der Waals surface area contributed by atoms with E-state index in [1.165, 1.54) is 0 Å². The summed E-state index contributed by atoms with van der Waals surface area (Å²) in [6.07, 6.45) is 1.60. The molecular formula is C20H21N3O2. The van der Waals surface area contributed by atoms with Gasteiger partial charge in [0.1, 0.15) is 17.1 Å². The lowest BCUT2D eigenvalue weighted by Crippen LogP contribution is -2.37. The van der Waals surface area contributed by atoms with Gasteiger partial charge in [-0.1, -0.05) is 36.4 Å². The molecule has 2 heterocycles. The van der Waals surface area contributed by atoms with E-state index in [9.17, 15) is 0 Å². The van der Waals surface area contributed by atoms with Crippen molar-refractivity contribution in [3.63, 3.8) is 0 Å². The molecule has 0 bridgehead atoms. The Kier molecular flexibility index (Phi) is 4.29. The number of furan rings is 1. The van der Waals surface area contributed by atoms with Gasteiger partial charge in [-0.05, 0) is 18.2 Å². The van der Waals surface area contributed by atoms with Crippen LogP contribution in [0.25, 0.3) is 11.0 Å². The number of para-hydroxylation sites is 2. The lowest BCUT2D eigenvalue weighted by atomic mass is 10.0. The first-order chi connectivity index (χ1) is 12.3. The van der Waals surface area contributed by atoms with Crippen molar-refractivity contribution in [1.82, 2.24) is 5.32 Å². The van der Waals surface area contributed by atoms with E-state index in [1.54, 1.807) is 0 Å². The maximum absolute atomic E-state index is 6.07. The Labute approximate surface area is 146 Å². The number of benzene rings is 2. The van der Waals surface area contributed by atoms with Crippen molar-refractivity contribution in [3.8, 4) is 5.75 Å². The minimum atomic E-state index is 0.139. The molecule has 1 atom stereocenters. The predicted molar refractivity (Wildman–Crippen MR) is 98.8 cm³/mol. The van der Waals surface area contributed by atoms with E-state index in [4.69, 9.17) is 14.9 Å². The quantitative estimate of drug-likeness (QED) is 0.566. The molecule has 2 aromatic carbocycles. The molecule has 25 heavy (non-hydrogen) atoms. The minimum Gasteiger partial charge on any atom is -0.493 e. The third kappa shape index (κ3) is 3.45. The summed E-state index contributed by atoms with van der Waals surface area (Å²) in [5.41, 5.74) is 8.11. The van der Waals surface area contributed by atoms with Crippen molar-refractivity contribution in [2.75, 3.05) is 13.2 Å². The minimum absolute atomic E-state index is 0.139. The van der Waals surface area contributed by atoms with Gasteiger partial charge in [-0.3, -0.25) is 4.99 Å². The van der Waals surface area contributed by atoms with E-state index in [1.807, 2.05) is 42.5 Å². The van der Waals surface area contributed by atoms with Gasteiger partial charge < -0.3 is 20.2 Å². The largest absolute Gasteiger partial charge is 0.493 e. The van der Waals surface area contributed by atoms with E-state index >= 15 is 0 Å². The van der Waals surface area contributed by atoms with Crippen LogP contribution in [0.4, 0.5) is 0 Å². The molecule has 0 radical (unpaired) electrons. The first kappa shape index (κ1) is 15.6. The smallest absolute Gasteiger partial charge is 0.189 e. The highest BCUT2D eigenvalue weighted by molar-refractivity contribution is 5.79. The average molecular weight is 335 g/mol. The second-order valence-corrected chi connectivity index (χ2v) is 6.14. The van der Waals surface area contributed by atoms with E-state index < -0.39 is 0 Å². The van der Waals surface area contributed by atoms with Crippen molar-refractivity contribution >= 4 is 16.9 Å². The summed E-state index contributed by atoms with van der Waals surface area (Å²) in [5, 5.41) is 4.42. The van der Waals surface area contributed by atoms with Crippen molar-refractivity contribution in [2.24, 2.45) is 10.7 Å². The molecule has 0 spiro atoms. The van der Waals surface area contributed by atoms with Crippen LogP contribution in [0.15, 0.2) is 64.0 Å². The molecule has 5 nitrogen and oxygen atoms in total. The van der Waals surface area contributed by atoms with Crippen molar-refractivity contribution in [1.29, 1.82) is 0 Å². The molecule has 5 heteroatoms. The Hall–Kier alpha value is -2.95. The third-order valence-electron chi connectivity index (χ3n) is 4.40. The SMILES string of the molecule is NC(=NCCc1cc2ccccc2o1)NC1CCOc2ccccc21. The van der Waals surface area contributed by atoms with Gasteiger partial charge in [-0.25, -0.2) is 0 Å². The number of hydrogen-bond acceptors (Lipinski definition) is 3. The molecule has 3 N–H and O–H groups in total. The summed E-state index contributed by atoms with van der Waals surface area (Å²) in [6, 6.07) is 18.2. The van der Waals surface area contributed by atoms with Crippen molar-refractivity contribution < 1.29 is 9.15 Å². The second-order valence-electron chi connectivity index (χ2n) is 6.14. The molecule has 1 aliphatic heterocycles. The van der Waals surface area contributed by atoms with Crippen LogP contribution < -0.4 is 15.8 Å². The standard InChI is InChI=1S/C20H21N3O2/c21-20(23-17-10-12-24-19-8-4-2-6-16(17)19)22-11-9-15-13-14-5-1-3-7-18(14)25-15/h1-8,13,17H,9-12H2,(H3,21,22,23). The fourth-order valence-electron chi connectivity index (χ4n) is 3.16. The monoisotopic (exact) mass is 335 g/mol. The predicted octanol–water partition coefficient (Wildman–Crippen LogP) is 3.40. The van der Waals surface area contributed by atoms with Crippen molar-refractivity contribution in [3.05, 3.63) is 65.9 Å². The Morgan fingerprint density at radius 2 is 2.00 bits per heavy atom. The summed E-state index contributed by atoms with van der Waals surface area (Å²) in [6.45, 7) is 1.27. The van der Waals surface area contributed by atoms with Crippen LogP contribution in [0.3, 0.4) is 0 Å². The van der Waals surface area contributed by atoms with Gasteiger partial charge >= 0.3 is 0 Å². The topological polar surface area (TPSA) is 72.8 Å². The maximum atomic E-state index is 6.07. The van der Waals surface area contributed by atoms with Gasteiger partial charge in [0.15, 0.2) is 5.96 Å². The number of ether oxygens (including phenoxy) is 1. The van der Waals surface area contributed by atoms with Gasteiger partial charge in [-0.2, -0.15) is 0 Å². The number of hydrogen-bond donors (Lipinski definition) is 2. The van der Waals surface area contributed by atoms with Crippen LogP contribution >= 0.6 is 0 Å². The fraction of sp³-hybridized carbons (Fsp3) is 0.250.